The summed E-state index contributed by atoms with van der Waals surface area (Å²) in [6.45, 7) is 4.74. The lowest BCUT2D eigenvalue weighted by Crippen LogP contribution is -2.03. The monoisotopic (exact) mass is 265 g/mol. The number of rotatable bonds is 5. The van der Waals surface area contributed by atoms with Crippen molar-refractivity contribution in [2.45, 2.75) is 26.2 Å². The van der Waals surface area contributed by atoms with Gasteiger partial charge in [0, 0.05) is 5.02 Å². The summed E-state index contributed by atoms with van der Waals surface area (Å²) >= 11 is 6.05. The van der Waals surface area contributed by atoms with Crippen LogP contribution in [0.5, 0.6) is 5.75 Å². The minimum Gasteiger partial charge on any atom is -0.494 e. The van der Waals surface area contributed by atoms with Crippen molar-refractivity contribution in [2.75, 3.05) is 6.61 Å². The van der Waals surface area contributed by atoms with Gasteiger partial charge in [-0.1, -0.05) is 18.5 Å². The smallest absolute Gasteiger partial charge is 0.122 e. The normalized spacial score (nSPS) is 12.4. The Labute approximate surface area is 111 Å². The average molecular weight is 266 g/mol. The van der Waals surface area contributed by atoms with Crippen LogP contribution >= 0.6 is 11.6 Å². The van der Waals surface area contributed by atoms with Crippen LogP contribution in [0.3, 0.4) is 0 Å². The summed E-state index contributed by atoms with van der Waals surface area (Å²) in [5.74, 6) is 1.16. The van der Waals surface area contributed by atoms with Gasteiger partial charge < -0.3 is 4.74 Å². The van der Waals surface area contributed by atoms with Crippen LogP contribution in [0, 0.1) is 0 Å². The summed E-state index contributed by atoms with van der Waals surface area (Å²) in [4.78, 5) is 0. The molecule has 1 unspecified atom stereocenters. The molecule has 0 radical (unpaired) electrons. The van der Waals surface area contributed by atoms with Crippen molar-refractivity contribution in [2.24, 2.45) is 0 Å². The van der Waals surface area contributed by atoms with Gasteiger partial charge in [-0.2, -0.15) is 15.4 Å². The van der Waals surface area contributed by atoms with Crippen LogP contribution in [-0.4, -0.2) is 22.0 Å². The Balaban J connectivity index is 2.22. The number of hydrogen-bond acceptors (Lipinski definition) is 3. The Morgan fingerprint density at radius 3 is 2.94 bits per heavy atom. The third-order valence-corrected chi connectivity index (χ3v) is 3.02. The van der Waals surface area contributed by atoms with Crippen LogP contribution < -0.4 is 4.74 Å². The van der Waals surface area contributed by atoms with Crippen molar-refractivity contribution in [1.29, 1.82) is 0 Å². The number of aromatic nitrogens is 3. The van der Waals surface area contributed by atoms with Crippen LogP contribution in [-0.2, 0) is 6.42 Å². The summed E-state index contributed by atoms with van der Waals surface area (Å²) in [6, 6.07) is 5.72. The molecule has 0 saturated heterocycles. The Morgan fingerprint density at radius 1 is 1.44 bits per heavy atom. The predicted octanol–water partition coefficient (Wildman–Crippen LogP) is 3.20. The number of halogens is 1. The fraction of sp³-hybridized carbons (Fsp3) is 0.385. The average Bonchev–Trinajstić information content (AvgIpc) is 2.84. The third kappa shape index (κ3) is 3.01. The highest BCUT2D eigenvalue weighted by Gasteiger charge is 2.14. The van der Waals surface area contributed by atoms with E-state index in [1.165, 1.54) is 0 Å². The van der Waals surface area contributed by atoms with Crippen LogP contribution in [0.4, 0.5) is 0 Å². The minimum atomic E-state index is 0.273. The fourth-order valence-corrected chi connectivity index (χ4v) is 2.12. The van der Waals surface area contributed by atoms with Crippen molar-refractivity contribution < 1.29 is 4.74 Å². The maximum atomic E-state index is 6.05. The Hall–Kier alpha value is -1.55. The molecule has 1 heterocycles. The van der Waals surface area contributed by atoms with Gasteiger partial charge in [-0.15, -0.1) is 0 Å². The van der Waals surface area contributed by atoms with E-state index in [4.69, 9.17) is 16.3 Å². The van der Waals surface area contributed by atoms with Gasteiger partial charge in [-0.25, -0.2) is 0 Å². The van der Waals surface area contributed by atoms with Gasteiger partial charge in [-0.05, 0) is 43.0 Å². The summed E-state index contributed by atoms with van der Waals surface area (Å²) in [6.07, 6.45) is 2.54. The number of aromatic amines is 1. The number of H-pyrrole nitrogens is 1. The van der Waals surface area contributed by atoms with E-state index in [0.717, 1.165) is 28.5 Å². The summed E-state index contributed by atoms with van der Waals surface area (Å²) in [5.41, 5.74) is 2.04. The maximum absolute atomic E-state index is 6.05. The zero-order chi connectivity index (χ0) is 13.0. The largest absolute Gasteiger partial charge is 0.494 e. The van der Waals surface area contributed by atoms with E-state index in [-0.39, 0.29) is 5.92 Å². The molecular weight excluding hydrogens is 250 g/mol. The first-order valence-electron chi connectivity index (χ1n) is 5.97. The second-order valence-corrected chi connectivity index (χ2v) is 4.62. The summed E-state index contributed by atoms with van der Waals surface area (Å²) in [5, 5.41) is 11.2. The van der Waals surface area contributed by atoms with Crippen LogP contribution in [0.15, 0.2) is 24.4 Å². The van der Waals surface area contributed by atoms with E-state index in [9.17, 15) is 0 Å². The molecule has 0 aliphatic heterocycles. The number of benzene rings is 1. The Kier molecular flexibility index (Phi) is 4.20. The number of ether oxygens (including phenoxy) is 1. The molecule has 4 nitrogen and oxygen atoms in total. The molecule has 1 aromatic carbocycles. The third-order valence-electron chi connectivity index (χ3n) is 2.78. The number of nitrogens with one attached hydrogen (secondary N) is 1. The van der Waals surface area contributed by atoms with Gasteiger partial charge >= 0.3 is 0 Å². The van der Waals surface area contributed by atoms with Crippen molar-refractivity contribution >= 4 is 11.6 Å². The first kappa shape index (κ1) is 12.9. The van der Waals surface area contributed by atoms with E-state index < -0.39 is 0 Å². The predicted molar refractivity (Wildman–Crippen MR) is 71.1 cm³/mol. The van der Waals surface area contributed by atoms with Gasteiger partial charge in [-0.3, -0.25) is 0 Å². The lowest BCUT2D eigenvalue weighted by atomic mass is 9.95. The van der Waals surface area contributed by atoms with Crippen LogP contribution in [0.1, 0.15) is 31.0 Å². The molecule has 0 saturated carbocycles. The first-order chi connectivity index (χ1) is 8.70. The lowest BCUT2D eigenvalue weighted by molar-refractivity contribution is 0.334. The zero-order valence-electron chi connectivity index (χ0n) is 10.5. The molecule has 0 spiro atoms. The molecular formula is C13H16ClN3O. The highest BCUT2D eigenvalue weighted by molar-refractivity contribution is 6.30. The molecule has 0 aliphatic rings. The van der Waals surface area contributed by atoms with E-state index in [1.54, 1.807) is 6.20 Å². The molecule has 1 aromatic heterocycles. The number of nitrogens with zero attached hydrogens (tertiary/aromatic N) is 2. The van der Waals surface area contributed by atoms with E-state index >= 15 is 0 Å². The Morgan fingerprint density at radius 2 is 2.28 bits per heavy atom. The van der Waals surface area contributed by atoms with Crippen molar-refractivity contribution in [1.82, 2.24) is 15.4 Å². The number of hydrogen-bond donors (Lipinski definition) is 1. The van der Waals surface area contributed by atoms with Gasteiger partial charge in [0.05, 0.1) is 18.5 Å². The maximum Gasteiger partial charge on any atom is 0.122 e. The second kappa shape index (κ2) is 5.87. The van der Waals surface area contributed by atoms with Crippen LogP contribution in [0.25, 0.3) is 0 Å². The summed E-state index contributed by atoms with van der Waals surface area (Å²) in [7, 11) is 0. The molecule has 2 aromatic rings. The van der Waals surface area contributed by atoms with Crippen molar-refractivity contribution in [3.05, 3.63) is 40.7 Å². The van der Waals surface area contributed by atoms with Crippen molar-refractivity contribution in [3.8, 4) is 5.75 Å². The topological polar surface area (TPSA) is 50.8 Å². The molecule has 1 N–H and O–H groups in total. The SMILES string of the molecule is CCOc1ccc(Cl)cc1C(C)Cc1cn[nH]n1. The van der Waals surface area contributed by atoms with E-state index in [1.807, 2.05) is 25.1 Å². The molecule has 0 fully saturated rings. The molecule has 1 atom stereocenters. The highest BCUT2D eigenvalue weighted by atomic mass is 35.5. The molecule has 0 bridgehead atoms. The lowest BCUT2D eigenvalue weighted by Gasteiger charge is -2.16. The minimum absolute atomic E-state index is 0.273. The fourth-order valence-electron chi connectivity index (χ4n) is 1.94. The van der Waals surface area contributed by atoms with Gasteiger partial charge in [0.2, 0.25) is 0 Å². The van der Waals surface area contributed by atoms with E-state index in [2.05, 4.69) is 22.3 Å². The van der Waals surface area contributed by atoms with Gasteiger partial charge in [0.25, 0.3) is 0 Å². The zero-order valence-corrected chi connectivity index (χ0v) is 11.2. The molecule has 2 rings (SSSR count). The first-order valence-corrected chi connectivity index (χ1v) is 6.35. The quantitative estimate of drug-likeness (QED) is 0.903. The van der Waals surface area contributed by atoms with Gasteiger partial charge in [0.1, 0.15) is 5.75 Å². The molecule has 96 valence electrons. The standard InChI is InChI=1S/C13H16ClN3O/c1-3-18-13-5-4-10(14)7-12(13)9(2)6-11-8-15-17-16-11/h4-5,7-9H,3,6H2,1-2H3,(H,15,16,17). The summed E-state index contributed by atoms with van der Waals surface area (Å²) < 4.78 is 5.63. The molecule has 5 heteroatoms. The molecule has 0 amide bonds. The van der Waals surface area contributed by atoms with Crippen molar-refractivity contribution in [3.63, 3.8) is 0 Å². The highest BCUT2D eigenvalue weighted by Crippen LogP contribution is 2.31. The molecule has 18 heavy (non-hydrogen) atoms. The van der Waals surface area contributed by atoms with Gasteiger partial charge in [0.15, 0.2) is 0 Å². The van der Waals surface area contributed by atoms with Crippen LogP contribution in [0.2, 0.25) is 5.02 Å². The second-order valence-electron chi connectivity index (χ2n) is 4.18. The molecule has 0 aliphatic carbocycles. The Bertz CT molecular complexity index is 499. The van der Waals surface area contributed by atoms with E-state index in [0.29, 0.717) is 6.61 Å².